The molecule has 1 fully saturated rings. The second kappa shape index (κ2) is 12.9. The number of hydrogen-bond acceptors (Lipinski definition) is 9. The second-order valence-electron chi connectivity index (χ2n) is 12.7. The highest BCUT2D eigenvalue weighted by atomic mass is 32.2. The zero-order chi connectivity index (χ0) is 33.2. The van der Waals surface area contributed by atoms with Gasteiger partial charge in [-0.2, -0.15) is 4.31 Å². The number of nitrogens with zero attached hydrogens (tertiary/aromatic N) is 4. The van der Waals surface area contributed by atoms with E-state index in [1.165, 1.54) is 22.6 Å². The highest BCUT2D eigenvalue weighted by Crippen LogP contribution is 2.36. The SMILES string of the molecule is CC(C)(C)OC(=O)N(CC(=O)O)c1cccc(CN(Cc2ccc(B3OC(C)(C)C(C)(C)O3)cc2)S(=O)(=O)c2ccccn2)n1. The molecule has 3 aromatic rings. The maximum atomic E-state index is 13.8. The number of carboxylic acids is 1. The van der Waals surface area contributed by atoms with Crippen LogP contribution < -0.4 is 10.4 Å². The van der Waals surface area contributed by atoms with Gasteiger partial charge in [-0.1, -0.05) is 36.4 Å². The van der Waals surface area contributed by atoms with Crippen LogP contribution in [0.3, 0.4) is 0 Å². The summed E-state index contributed by atoms with van der Waals surface area (Å²) >= 11 is 0. The van der Waals surface area contributed by atoms with E-state index in [2.05, 4.69) is 9.97 Å². The van der Waals surface area contributed by atoms with Crippen molar-refractivity contribution in [3.8, 4) is 0 Å². The van der Waals surface area contributed by atoms with Crippen molar-refractivity contribution in [1.82, 2.24) is 14.3 Å². The summed E-state index contributed by atoms with van der Waals surface area (Å²) in [5.74, 6) is -1.26. The molecule has 1 aliphatic rings. The molecule has 1 aliphatic heterocycles. The molecule has 4 rings (SSSR count). The highest BCUT2D eigenvalue weighted by molar-refractivity contribution is 7.89. The summed E-state index contributed by atoms with van der Waals surface area (Å²) in [6.07, 6.45) is 0.503. The monoisotopic (exact) mass is 638 g/mol. The largest absolute Gasteiger partial charge is 0.494 e. The Morgan fingerprint density at radius 1 is 0.933 bits per heavy atom. The first kappa shape index (κ1) is 34.0. The van der Waals surface area contributed by atoms with Crippen LogP contribution in [0.25, 0.3) is 0 Å². The minimum absolute atomic E-state index is 0.00565. The Balaban J connectivity index is 1.64. The molecule has 240 valence electrons. The Morgan fingerprint density at radius 3 is 2.13 bits per heavy atom. The van der Waals surface area contributed by atoms with Crippen LogP contribution in [0.15, 0.2) is 71.9 Å². The summed E-state index contributed by atoms with van der Waals surface area (Å²) in [6, 6.07) is 16.5. The fourth-order valence-corrected chi connectivity index (χ4v) is 5.73. The van der Waals surface area contributed by atoms with Gasteiger partial charge in [0.25, 0.3) is 10.0 Å². The molecule has 0 saturated carbocycles. The number of ether oxygens (including phenoxy) is 1. The maximum Gasteiger partial charge on any atom is 0.494 e. The first-order valence-corrected chi connectivity index (χ1v) is 15.9. The molecule has 0 spiro atoms. The molecule has 45 heavy (non-hydrogen) atoms. The van der Waals surface area contributed by atoms with Crippen LogP contribution in [0.1, 0.15) is 59.7 Å². The summed E-state index contributed by atoms with van der Waals surface area (Å²) < 4.78 is 46.5. The third kappa shape index (κ3) is 8.25. The van der Waals surface area contributed by atoms with Crippen LogP contribution in [0.2, 0.25) is 0 Å². The lowest BCUT2D eigenvalue weighted by molar-refractivity contribution is -0.135. The van der Waals surface area contributed by atoms with E-state index in [0.717, 1.165) is 10.4 Å². The number of amides is 1. The van der Waals surface area contributed by atoms with Crippen molar-refractivity contribution in [3.63, 3.8) is 0 Å². The van der Waals surface area contributed by atoms with Crippen LogP contribution in [0, 0.1) is 0 Å². The topological polar surface area (TPSA) is 148 Å². The number of carboxylic acid groups (broad SMARTS) is 1. The van der Waals surface area contributed by atoms with Crippen LogP contribution in [-0.4, -0.2) is 70.3 Å². The molecular formula is C31H39BN4O8S. The number of sulfonamides is 1. The lowest BCUT2D eigenvalue weighted by atomic mass is 9.79. The van der Waals surface area contributed by atoms with Crippen molar-refractivity contribution in [2.24, 2.45) is 0 Å². The molecule has 14 heteroatoms. The van der Waals surface area contributed by atoms with Gasteiger partial charge < -0.3 is 19.2 Å². The first-order chi connectivity index (χ1) is 20.9. The van der Waals surface area contributed by atoms with Crippen molar-refractivity contribution in [2.75, 3.05) is 11.4 Å². The van der Waals surface area contributed by atoms with E-state index >= 15 is 0 Å². The number of benzene rings is 1. The molecule has 2 aromatic heterocycles. The van der Waals surface area contributed by atoms with Gasteiger partial charge in [-0.05, 0) is 83.8 Å². The average Bonchev–Trinajstić information content (AvgIpc) is 3.17. The lowest BCUT2D eigenvalue weighted by Crippen LogP contribution is -2.41. The average molecular weight is 639 g/mol. The number of aromatic nitrogens is 2. The molecule has 3 heterocycles. The molecule has 0 bridgehead atoms. The number of aliphatic carboxylic acids is 1. The molecule has 0 unspecified atom stereocenters. The third-order valence-electron chi connectivity index (χ3n) is 7.42. The van der Waals surface area contributed by atoms with Gasteiger partial charge >= 0.3 is 19.2 Å². The number of hydrogen-bond donors (Lipinski definition) is 1. The Labute approximate surface area is 264 Å². The Kier molecular flexibility index (Phi) is 9.74. The van der Waals surface area contributed by atoms with Crippen molar-refractivity contribution >= 4 is 40.5 Å². The van der Waals surface area contributed by atoms with E-state index in [-0.39, 0.29) is 29.6 Å². The Morgan fingerprint density at radius 2 is 1.58 bits per heavy atom. The highest BCUT2D eigenvalue weighted by Gasteiger charge is 2.51. The fraction of sp³-hybridized carbons (Fsp3) is 0.419. The van der Waals surface area contributed by atoms with Gasteiger partial charge in [-0.15, -0.1) is 0 Å². The Hall–Kier alpha value is -3.85. The fourth-order valence-electron chi connectivity index (χ4n) is 4.40. The summed E-state index contributed by atoms with van der Waals surface area (Å²) in [4.78, 5) is 33.9. The number of pyridine rings is 2. The Bertz CT molecular complexity index is 1610. The number of carbonyl (C=O) groups excluding carboxylic acids is 1. The number of carbonyl (C=O) groups is 2. The van der Waals surface area contributed by atoms with Crippen molar-refractivity contribution in [2.45, 2.75) is 83.4 Å². The summed E-state index contributed by atoms with van der Waals surface area (Å²) in [5, 5.41) is 9.31. The summed E-state index contributed by atoms with van der Waals surface area (Å²) in [7, 11) is -4.68. The van der Waals surface area contributed by atoms with E-state index < -0.39 is 52.6 Å². The number of rotatable bonds is 10. The normalized spacial score (nSPS) is 16.0. The van der Waals surface area contributed by atoms with E-state index in [9.17, 15) is 23.1 Å². The van der Waals surface area contributed by atoms with Gasteiger partial charge in [-0.25, -0.2) is 23.2 Å². The van der Waals surface area contributed by atoms with Crippen molar-refractivity contribution in [3.05, 3.63) is 78.1 Å². The molecule has 1 saturated heterocycles. The molecule has 1 aromatic carbocycles. The summed E-state index contributed by atoms with van der Waals surface area (Å²) in [6.45, 7) is 12.0. The minimum atomic E-state index is -4.11. The molecule has 0 aliphatic carbocycles. The van der Waals surface area contributed by atoms with Crippen LogP contribution in [-0.2, 0) is 42.0 Å². The van der Waals surface area contributed by atoms with E-state index in [1.54, 1.807) is 45.0 Å². The van der Waals surface area contributed by atoms with E-state index in [4.69, 9.17) is 14.0 Å². The van der Waals surface area contributed by atoms with E-state index in [1.807, 2.05) is 52.0 Å². The van der Waals surface area contributed by atoms with Gasteiger partial charge in [0.05, 0.1) is 23.4 Å². The van der Waals surface area contributed by atoms with Gasteiger partial charge in [0, 0.05) is 12.7 Å². The van der Waals surface area contributed by atoms with Gasteiger partial charge in [-0.3, -0.25) is 9.69 Å². The van der Waals surface area contributed by atoms with E-state index in [0.29, 0.717) is 5.56 Å². The molecular weight excluding hydrogens is 599 g/mol. The zero-order valence-corrected chi connectivity index (χ0v) is 27.4. The third-order valence-corrected chi connectivity index (χ3v) is 9.13. The quantitative estimate of drug-likeness (QED) is 0.323. The second-order valence-corrected chi connectivity index (χ2v) is 14.6. The zero-order valence-electron chi connectivity index (χ0n) is 26.6. The van der Waals surface area contributed by atoms with Crippen molar-refractivity contribution < 1.29 is 37.2 Å². The molecule has 1 amide bonds. The summed E-state index contributed by atoms with van der Waals surface area (Å²) in [5.41, 5.74) is -0.125. The molecule has 0 atom stereocenters. The standard InChI is InChI=1S/C31H39BN4O8S/c1-29(2,3)42-28(39)36(21-27(37)38)25-12-10-11-24(34-25)20-35(45(40,41)26-13-8-9-18-33-26)19-22-14-16-23(17-15-22)32-43-30(4,5)31(6,7)44-32/h8-18H,19-21H2,1-7H3,(H,37,38). The van der Waals surface area contributed by atoms with Gasteiger partial charge in [0.1, 0.15) is 18.0 Å². The predicted octanol–water partition coefficient (Wildman–Crippen LogP) is 3.99. The van der Waals surface area contributed by atoms with Crippen LogP contribution in [0.4, 0.5) is 10.6 Å². The lowest BCUT2D eigenvalue weighted by Gasteiger charge is -2.32. The minimum Gasteiger partial charge on any atom is -0.480 e. The molecule has 12 nitrogen and oxygen atoms in total. The molecule has 0 radical (unpaired) electrons. The first-order valence-electron chi connectivity index (χ1n) is 14.4. The number of anilines is 1. The van der Waals surface area contributed by atoms with Crippen LogP contribution >= 0.6 is 0 Å². The van der Waals surface area contributed by atoms with Crippen LogP contribution in [0.5, 0.6) is 0 Å². The predicted molar refractivity (Wildman–Crippen MR) is 168 cm³/mol. The van der Waals surface area contributed by atoms with Gasteiger partial charge in [0.15, 0.2) is 5.03 Å². The van der Waals surface area contributed by atoms with Crippen molar-refractivity contribution in [1.29, 1.82) is 0 Å². The molecule has 1 N–H and O–H groups in total. The maximum absolute atomic E-state index is 13.8. The van der Waals surface area contributed by atoms with Gasteiger partial charge in [0.2, 0.25) is 0 Å². The smallest absolute Gasteiger partial charge is 0.480 e.